The molecule has 11 heteroatoms. The molecular weight excluding hydrogens is 604 g/mol. The van der Waals surface area contributed by atoms with Crippen molar-refractivity contribution < 1.29 is 30.4 Å². The Morgan fingerprint density at radius 3 is 2.00 bits per heavy atom. The molecule has 0 saturated heterocycles. The molecule has 0 aliphatic heterocycles. The fraction of sp³-hybridized carbons (Fsp3) is 0.314. The lowest BCUT2D eigenvalue weighted by atomic mass is 10.0. The van der Waals surface area contributed by atoms with E-state index in [0.29, 0.717) is 15.9 Å². The van der Waals surface area contributed by atoms with Crippen LogP contribution in [0.5, 0.6) is 0 Å². The molecule has 0 saturated carbocycles. The predicted octanol–water partition coefficient (Wildman–Crippen LogP) is 4.56. The van der Waals surface area contributed by atoms with Crippen LogP contribution in [0, 0.1) is 5.92 Å². The molecular formula is C35H40N4O6S. The second-order valence-corrected chi connectivity index (χ2v) is 12.0. The van der Waals surface area contributed by atoms with Gasteiger partial charge in [-0.05, 0) is 29.0 Å². The van der Waals surface area contributed by atoms with Crippen molar-refractivity contribution in [2.45, 2.75) is 57.7 Å². The second-order valence-electron chi connectivity index (χ2n) is 11.1. The number of rotatable bonds is 16. The summed E-state index contributed by atoms with van der Waals surface area (Å²) in [6.07, 6.45) is -1.81. The number of nitrogens with one attached hydrogen (secondary N) is 3. The fourth-order valence-corrected chi connectivity index (χ4v) is 5.22. The van der Waals surface area contributed by atoms with Gasteiger partial charge in [-0.25, -0.2) is 9.78 Å². The van der Waals surface area contributed by atoms with Crippen LogP contribution in [0.4, 0.5) is 4.79 Å². The minimum Gasteiger partial charge on any atom is -0.445 e. The van der Waals surface area contributed by atoms with Gasteiger partial charge >= 0.3 is 6.09 Å². The van der Waals surface area contributed by atoms with Gasteiger partial charge in [0.05, 0.1) is 12.6 Å². The topological polar surface area (TPSA) is 139 Å². The quantitative estimate of drug-likeness (QED) is 0.131. The highest BCUT2D eigenvalue weighted by Crippen LogP contribution is 2.22. The summed E-state index contributed by atoms with van der Waals surface area (Å²) < 4.78 is 19.8. The van der Waals surface area contributed by atoms with Crippen molar-refractivity contribution >= 4 is 29.2 Å². The zero-order chi connectivity index (χ0) is 33.6. The van der Waals surface area contributed by atoms with E-state index < -0.39 is 42.3 Å². The third-order valence-electron chi connectivity index (χ3n) is 6.86. The van der Waals surface area contributed by atoms with Crippen molar-refractivity contribution in [3.05, 3.63) is 124 Å². The second kappa shape index (κ2) is 17.8. The Hall–Kier alpha value is -4.58. The maximum absolute atomic E-state index is 13.8. The molecule has 10 nitrogen and oxygen atoms in total. The summed E-state index contributed by atoms with van der Waals surface area (Å²) in [5.41, 5.74) is 2.29. The van der Waals surface area contributed by atoms with Gasteiger partial charge in [0.25, 0.3) is 5.91 Å². The van der Waals surface area contributed by atoms with Crippen molar-refractivity contribution in [2.75, 3.05) is 6.61 Å². The molecule has 0 spiro atoms. The number of carbonyl (C=O) groups is 3. The zero-order valence-corrected chi connectivity index (χ0v) is 26.6. The van der Waals surface area contributed by atoms with Gasteiger partial charge in [0.15, 0.2) is 1.41 Å². The maximum Gasteiger partial charge on any atom is 0.408 e. The molecule has 3 aromatic carbocycles. The largest absolute Gasteiger partial charge is 0.445 e. The van der Waals surface area contributed by atoms with Gasteiger partial charge in [0, 0.05) is 18.0 Å². The first kappa shape index (κ1) is 32.8. The van der Waals surface area contributed by atoms with Crippen LogP contribution >= 0.6 is 11.3 Å². The molecule has 0 aliphatic carbocycles. The number of alkyl carbamates (subject to hydrolysis) is 1. The van der Waals surface area contributed by atoms with Crippen molar-refractivity contribution in [1.82, 2.24) is 20.9 Å². The normalized spacial score (nSPS) is 14.0. The predicted molar refractivity (Wildman–Crippen MR) is 176 cm³/mol. The SMILES string of the molecule is [2H]N(C(=O)OCc1ccccc1)[C@@H](Cc1ccccc1)C(=O)NC(OCC(C)C)C(=O)N[C@@H](Cc1ccccc1)[C@@H](O)c1nccs1. The molecule has 1 aromatic heterocycles. The van der Waals surface area contributed by atoms with Crippen molar-refractivity contribution in [1.29, 1.82) is 0 Å². The average Bonchev–Trinajstić information content (AvgIpc) is 3.63. The first-order valence-electron chi connectivity index (χ1n) is 15.5. The number of aromatic nitrogens is 1. The minimum absolute atomic E-state index is 0.0176. The summed E-state index contributed by atoms with van der Waals surface area (Å²) in [5.74, 6) is -1.47. The summed E-state index contributed by atoms with van der Waals surface area (Å²) >= 11 is 1.26. The number of hydrogen-bond acceptors (Lipinski definition) is 8. The van der Waals surface area contributed by atoms with Crippen molar-refractivity contribution in [3.63, 3.8) is 0 Å². The maximum atomic E-state index is 13.8. The van der Waals surface area contributed by atoms with Gasteiger partial charge in [-0.2, -0.15) is 0 Å². The third kappa shape index (κ3) is 11.1. The Balaban J connectivity index is 1.54. The average molecular weight is 646 g/mol. The molecule has 0 radical (unpaired) electrons. The Bertz CT molecular complexity index is 1530. The van der Waals surface area contributed by atoms with Gasteiger partial charge in [-0.15, -0.1) is 11.3 Å². The third-order valence-corrected chi connectivity index (χ3v) is 7.71. The fourth-order valence-electron chi connectivity index (χ4n) is 4.54. The van der Waals surface area contributed by atoms with E-state index in [1.807, 2.05) is 56.3 Å². The Morgan fingerprint density at radius 2 is 1.43 bits per heavy atom. The molecule has 1 unspecified atom stereocenters. The standard InChI is InChI=1S/C35H40N4O6S/c1-24(2)22-44-33(32(42)37-28(20-25-12-6-3-7-13-25)30(40)34-36-18-19-46-34)39-31(41)29(21-26-14-8-4-9-15-26)38-35(43)45-23-27-16-10-5-11-17-27/h3-19,24,28-30,33,40H,20-23H2,1-2H3,(H,37,42)(H,38,43)(H,39,41)/t28-,29-,30+,33?/m0/s1/i/hD. The molecule has 4 atom stereocenters. The van der Waals surface area contributed by atoms with Gasteiger partial charge < -0.3 is 30.5 Å². The highest BCUT2D eigenvalue weighted by atomic mass is 32.1. The van der Waals surface area contributed by atoms with Gasteiger partial charge in [0.1, 0.15) is 23.8 Å². The smallest absolute Gasteiger partial charge is 0.408 e. The molecule has 4 aromatic rings. The zero-order valence-electron chi connectivity index (χ0n) is 26.8. The lowest BCUT2D eigenvalue weighted by Gasteiger charge is -2.28. The van der Waals surface area contributed by atoms with Gasteiger partial charge in [-0.3, -0.25) is 9.59 Å². The van der Waals surface area contributed by atoms with E-state index in [0.717, 1.165) is 11.1 Å². The van der Waals surface area contributed by atoms with Crippen LogP contribution in [-0.2, 0) is 38.5 Å². The van der Waals surface area contributed by atoms with Crippen LogP contribution in [-0.4, -0.2) is 52.9 Å². The minimum atomic E-state index is -1.49. The molecule has 242 valence electrons. The van der Waals surface area contributed by atoms with Crippen LogP contribution in [0.1, 0.15) is 41.6 Å². The Kier molecular flexibility index (Phi) is 12.7. The molecule has 3 amide bonds. The Labute approximate surface area is 274 Å². The molecule has 46 heavy (non-hydrogen) atoms. The number of ether oxygens (including phenoxy) is 2. The number of amides is 3. The van der Waals surface area contributed by atoms with Crippen LogP contribution in [0.25, 0.3) is 0 Å². The molecule has 4 N–H and O–H groups in total. The number of aliphatic hydroxyl groups is 1. The number of hydrogen-bond donors (Lipinski definition) is 4. The van der Waals surface area contributed by atoms with E-state index in [1.165, 1.54) is 11.3 Å². The summed E-state index contributed by atoms with van der Waals surface area (Å²) in [6.45, 7) is 3.84. The molecule has 0 aliphatic rings. The first-order valence-corrected chi connectivity index (χ1v) is 16.0. The molecule has 4 rings (SSSR count). The van der Waals surface area contributed by atoms with Crippen LogP contribution in [0.2, 0.25) is 1.41 Å². The van der Waals surface area contributed by atoms with E-state index in [1.54, 1.807) is 60.1 Å². The lowest BCUT2D eigenvalue weighted by Crippen LogP contribution is -2.57. The van der Waals surface area contributed by atoms with Crippen LogP contribution in [0.3, 0.4) is 0 Å². The molecule has 1 heterocycles. The number of benzene rings is 3. The number of nitrogens with zero attached hydrogens (tertiary/aromatic N) is 1. The Morgan fingerprint density at radius 1 is 0.848 bits per heavy atom. The summed E-state index contributed by atoms with van der Waals surface area (Å²) in [4.78, 5) is 44.8. The lowest BCUT2D eigenvalue weighted by molar-refractivity contribution is -0.143. The summed E-state index contributed by atoms with van der Waals surface area (Å²) in [7, 11) is 0. The van der Waals surface area contributed by atoms with E-state index in [-0.39, 0.29) is 32.0 Å². The van der Waals surface area contributed by atoms with E-state index >= 15 is 0 Å². The van der Waals surface area contributed by atoms with Crippen LogP contribution < -0.4 is 15.9 Å². The monoisotopic (exact) mass is 645 g/mol. The summed E-state index contributed by atoms with van der Waals surface area (Å²) in [6, 6.07) is 25.1. The number of carbonyl (C=O) groups excluding carboxylic acids is 3. The highest BCUT2D eigenvalue weighted by molar-refractivity contribution is 7.09. The highest BCUT2D eigenvalue weighted by Gasteiger charge is 2.32. The van der Waals surface area contributed by atoms with E-state index in [2.05, 4.69) is 15.6 Å². The first-order chi connectivity index (χ1) is 22.7. The van der Waals surface area contributed by atoms with E-state index in [9.17, 15) is 19.5 Å². The number of aliphatic hydroxyl groups excluding tert-OH is 1. The molecule has 0 fully saturated rings. The van der Waals surface area contributed by atoms with Gasteiger partial charge in [-0.1, -0.05) is 105 Å². The van der Waals surface area contributed by atoms with Crippen molar-refractivity contribution in [2.24, 2.45) is 5.92 Å². The van der Waals surface area contributed by atoms with Crippen LogP contribution in [0.15, 0.2) is 103 Å². The number of thiazole rings is 1. The van der Waals surface area contributed by atoms with E-state index in [4.69, 9.17) is 10.9 Å². The van der Waals surface area contributed by atoms with Crippen molar-refractivity contribution in [3.8, 4) is 0 Å². The molecule has 0 bridgehead atoms. The van der Waals surface area contributed by atoms with Gasteiger partial charge in [0.2, 0.25) is 12.1 Å². The summed E-state index contributed by atoms with van der Waals surface area (Å²) in [5, 5.41) is 19.3.